The van der Waals surface area contributed by atoms with Crippen LogP contribution in [0.5, 0.6) is 0 Å². The van der Waals surface area contributed by atoms with E-state index in [0.29, 0.717) is 11.4 Å². The highest BCUT2D eigenvalue weighted by atomic mass is 35.5. The molecule has 11 heteroatoms. The molecular weight excluding hydrogens is 470 g/mol. The number of anilines is 2. The van der Waals surface area contributed by atoms with Crippen LogP contribution >= 0.6 is 11.6 Å². The summed E-state index contributed by atoms with van der Waals surface area (Å²) in [6.45, 7) is 6.05. The molecule has 0 saturated heterocycles. The summed E-state index contributed by atoms with van der Waals surface area (Å²) in [4.78, 5) is 36.1. The maximum atomic E-state index is 12.7. The quantitative estimate of drug-likeness (QED) is 0.458. The van der Waals surface area contributed by atoms with Gasteiger partial charge in [0.05, 0.1) is 4.90 Å². The summed E-state index contributed by atoms with van der Waals surface area (Å²) in [6.07, 6.45) is -1.19. The highest BCUT2D eigenvalue weighted by molar-refractivity contribution is 7.89. The average Bonchev–Trinajstić information content (AvgIpc) is 2.72. The van der Waals surface area contributed by atoms with Gasteiger partial charge in [-0.1, -0.05) is 31.5 Å². The summed E-state index contributed by atoms with van der Waals surface area (Å²) < 4.78 is 32.9. The van der Waals surface area contributed by atoms with E-state index in [1.165, 1.54) is 38.1 Å². The molecule has 0 saturated carbocycles. The first-order valence-corrected chi connectivity index (χ1v) is 11.9. The van der Waals surface area contributed by atoms with Crippen LogP contribution < -0.4 is 15.4 Å². The molecule has 2 aromatic carbocycles. The lowest BCUT2D eigenvalue weighted by atomic mass is 10.1. The highest BCUT2D eigenvalue weighted by Gasteiger charge is 2.32. The van der Waals surface area contributed by atoms with Crippen molar-refractivity contribution in [2.75, 3.05) is 10.6 Å². The van der Waals surface area contributed by atoms with Crippen LogP contribution in [0.4, 0.5) is 11.4 Å². The zero-order valence-corrected chi connectivity index (χ0v) is 20.2. The number of carbonyl (C=O) groups is 3. The standard InChI is InChI=1S/C22H26ClN3O6S/c1-13(2)20(26-33(30,31)19-7-5-6-16(23)12-19)22(29)32-14(3)21(28)25-18-10-8-17(9-11-18)24-15(4)27/h5-14,20,26H,1-4H3,(H,24,27)(H,25,28). The summed E-state index contributed by atoms with van der Waals surface area (Å²) in [6, 6.07) is 10.8. The molecule has 3 N–H and O–H groups in total. The monoisotopic (exact) mass is 495 g/mol. The van der Waals surface area contributed by atoms with Crippen molar-refractivity contribution in [3.05, 3.63) is 53.6 Å². The van der Waals surface area contributed by atoms with Gasteiger partial charge in [-0.05, 0) is 55.3 Å². The number of hydrogen-bond donors (Lipinski definition) is 3. The van der Waals surface area contributed by atoms with Crippen molar-refractivity contribution < 1.29 is 27.5 Å². The Morgan fingerprint density at radius 3 is 2.03 bits per heavy atom. The zero-order chi connectivity index (χ0) is 24.8. The number of halogens is 1. The number of esters is 1. The van der Waals surface area contributed by atoms with Crippen molar-refractivity contribution in [2.24, 2.45) is 5.92 Å². The molecule has 33 heavy (non-hydrogen) atoms. The smallest absolute Gasteiger partial charge is 0.325 e. The fraction of sp³-hybridized carbons (Fsp3) is 0.318. The normalized spacial score (nSPS) is 13.2. The van der Waals surface area contributed by atoms with Gasteiger partial charge in [-0.3, -0.25) is 14.4 Å². The van der Waals surface area contributed by atoms with E-state index in [-0.39, 0.29) is 15.8 Å². The predicted octanol–water partition coefficient (Wildman–Crippen LogP) is 3.17. The van der Waals surface area contributed by atoms with E-state index in [1.807, 2.05) is 0 Å². The Kier molecular flexibility index (Phi) is 8.98. The van der Waals surface area contributed by atoms with Gasteiger partial charge >= 0.3 is 5.97 Å². The minimum absolute atomic E-state index is 0.0954. The van der Waals surface area contributed by atoms with Gasteiger partial charge in [0.2, 0.25) is 15.9 Å². The van der Waals surface area contributed by atoms with E-state index < -0.39 is 40.0 Å². The van der Waals surface area contributed by atoms with E-state index in [4.69, 9.17) is 16.3 Å². The van der Waals surface area contributed by atoms with Gasteiger partial charge < -0.3 is 15.4 Å². The molecule has 178 valence electrons. The van der Waals surface area contributed by atoms with Crippen LogP contribution in [0.2, 0.25) is 5.02 Å². The number of benzene rings is 2. The lowest BCUT2D eigenvalue weighted by Gasteiger charge is -2.23. The lowest BCUT2D eigenvalue weighted by Crippen LogP contribution is -2.47. The van der Waals surface area contributed by atoms with Crippen molar-refractivity contribution in [1.82, 2.24) is 4.72 Å². The summed E-state index contributed by atoms with van der Waals surface area (Å²) in [5.74, 6) is -2.17. The second-order valence-electron chi connectivity index (χ2n) is 7.63. The van der Waals surface area contributed by atoms with Gasteiger partial charge in [0, 0.05) is 23.3 Å². The highest BCUT2D eigenvalue weighted by Crippen LogP contribution is 2.18. The van der Waals surface area contributed by atoms with E-state index in [2.05, 4.69) is 15.4 Å². The Labute approximate surface area is 197 Å². The number of carbonyl (C=O) groups excluding carboxylic acids is 3. The van der Waals surface area contributed by atoms with Gasteiger partial charge in [-0.15, -0.1) is 0 Å². The Balaban J connectivity index is 2.03. The number of sulfonamides is 1. The molecule has 0 aliphatic carbocycles. The number of nitrogens with one attached hydrogen (secondary N) is 3. The molecule has 2 atom stereocenters. The largest absolute Gasteiger partial charge is 0.451 e. The molecule has 2 unspecified atom stereocenters. The minimum atomic E-state index is -4.06. The van der Waals surface area contributed by atoms with E-state index >= 15 is 0 Å². The third kappa shape index (κ3) is 7.85. The second kappa shape index (κ2) is 11.3. The molecule has 0 aliphatic rings. The van der Waals surface area contributed by atoms with Gasteiger partial charge in [0.1, 0.15) is 6.04 Å². The summed E-state index contributed by atoms with van der Waals surface area (Å²) >= 11 is 5.87. The number of ether oxygens (including phenoxy) is 1. The first-order valence-electron chi connectivity index (χ1n) is 10.1. The predicted molar refractivity (Wildman–Crippen MR) is 125 cm³/mol. The third-order valence-electron chi connectivity index (χ3n) is 4.44. The SMILES string of the molecule is CC(=O)Nc1ccc(NC(=O)C(C)OC(=O)C(NS(=O)(=O)c2cccc(Cl)c2)C(C)C)cc1. The first kappa shape index (κ1) is 26.3. The Morgan fingerprint density at radius 1 is 0.939 bits per heavy atom. The summed E-state index contributed by atoms with van der Waals surface area (Å²) in [5.41, 5.74) is 0.991. The molecule has 0 aliphatic heterocycles. The number of hydrogen-bond acceptors (Lipinski definition) is 6. The Morgan fingerprint density at radius 2 is 1.52 bits per heavy atom. The molecule has 2 rings (SSSR count). The molecule has 2 amide bonds. The van der Waals surface area contributed by atoms with Crippen LogP contribution in [0, 0.1) is 5.92 Å². The van der Waals surface area contributed by atoms with Crippen molar-refractivity contribution in [3.8, 4) is 0 Å². The van der Waals surface area contributed by atoms with E-state index in [9.17, 15) is 22.8 Å². The molecule has 9 nitrogen and oxygen atoms in total. The van der Waals surface area contributed by atoms with E-state index in [0.717, 1.165) is 0 Å². The Bertz CT molecular complexity index is 1120. The van der Waals surface area contributed by atoms with Crippen LogP contribution in [0.3, 0.4) is 0 Å². The molecule has 0 aromatic heterocycles. The number of amides is 2. The fourth-order valence-electron chi connectivity index (χ4n) is 2.71. The average molecular weight is 496 g/mol. The molecule has 0 heterocycles. The molecule has 0 bridgehead atoms. The first-order chi connectivity index (χ1) is 15.4. The zero-order valence-electron chi connectivity index (χ0n) is 18.6. The van der Waals surface area contributed by atoms with Crippen LogP contribution in [0.25, 0.3) is 0 Å². The molecule has 2 aromatic rings. The summed E-state index contributed by atoms with van der Waals surface area (Å²) in [7, 11) is -4.06. The molecule has 0 spiro atoms. The van der Waals surface area contributed by atoms with Gasteiger partial charge in [-0.25, -0.2) is 8.42 Å². The summed E-state index contributed by atoms with van der Waals surface area (Å²) in [5, 5.41) is 5.43. The lowest BCUT2D eigenvalue weighted by molar-refractivity contribution is -0.155. The topological polar surface area (TPSA) is 131 Å². The Hall–Kier alpha value is -2.95. The van der Waals surface area contributed by atoms with Crippen molar-refractivity contribution in [3.63, 3.8) is 0 Å². The minimum Gasteiger partial charge on any atom is -0.451 e. The van der Waals surface area contributed by atoms with Crippen LogP contribution in [0.15, 0.2) is 53.4 Å². The third-order valence-corrected chi connectivity index (χ3v) is 6.12. The molecule has 0 fully saturated rings. The van der Waals surface area contributed by atoms with E-state index in [1.54, 1.807) is 38.1 Å². The van der Waals surface area contributed by atoms with Gasteiger partial charge in [0.15, 0.2) is 6.10 Å². The van der Waals surface area contributed by atoms with Crippen LogP contribution in [-0.4, -0.2) is 38.3 Å². The van der Waals surface area contributed by atoms with Gasteiger partial charge in [-0.2, -0.15) is 4.72 Å². The fourth-order valence-corrected chi connectivity index (χ4v) is 4.34. The van der Waals surface area contributed by atoms with Crippen molar-refractivity contribution in [2.45, 2.75) is 44.7 Å². The van der Waals surface area contributed by atoms with Crippen molar-refractivity contribution >= 4 is 50.8 Å². The van der Waals surface area contributed by atoms with Crippen molar-refractivity contribution in [1.29, 1.82) is 0 Å². The number of rotatable bonds is 9. The molecule has 0 radical (unpaired) electrons. The maximum absolute atomic E-state index is 12.7. The second-order valence-corrected chi connectivity index (χ2v) is 9.78. The molecular formula is C22H26ClN3O6S. The van der Waals surface area contributed by atoms with Crippen LogP contribution in [0.1, 0.15) is 27.7 Å². The van der Waals surface area contributed by atoms with Crippen LogP contribution in [-0.2, 0) is 29.1 Å². The van der Waals surface area contributed by atoms with Gasteiger partial charge in [0.25, 0.3) is 5.91 Å². The maximum Gasteiger partial charge on any atom is 0.325 e.